The van der Waals surface area contributed by atoms with Gasteiger partial charge in [-0.15, -0.1) is 0 Å². The van der Waals surface area contributed by atoms with Gasteiger partial charge in [-0.1, -0.05) is 17.7 Å². The number of halogens is 2. The molecule has 0 spiro atoms. The van der Waals surface area contributed by atoms with Crippen molar-refractivity contribution in [2.45, 2.75) is 18.8 Å². The number of anilines is 3. The van der Waals surface area contributed by atoms with E-state index in [9.17, 15) is 4.39 Å². The molecule has 5 nitrogen and oxygen atoms in total. The second kappa shape index (κ2) is 7.32. The lowest BCUT2D eigenvalue weighted by molar-refractivity contribution is 0.425. The third-order valence-electron chi connectivity index (χ3n) is 3.80. The van der Waals surface area contributed by atoms with Crippen LogP contribution in [-0.4, -0.2) is 42.1 Å². The lowest BCUT2D eigenvalue weighted by Gasteiger charge is -2.14. The van der Waals surface area contributed by atoms with Crippen molar-refractivity contribution in [1.29, 1.82) is 0 Å². The zero-order chi connectivity index (χ0) is 17.1. The standard InChI is InChI=1S/C17H21ClFN5/c1-24(2)9-8-20-17-21-14(11-6-7-11)10-15(23-17)22-16-12(18)4-3-5-13(16)19/h3-5,10-11H,6-9H2,1-2H3,(H2,20,21,22,23). The van der Waals surface area contributed by atoms with Gasteiger partial charge in [0.15, 0.2) is 0 Å². The number of benzene rings is 1. The Kier molecular flexibility index (Phi) is 5.16. The highest BCUT2D eigenvalue weighted by molar-refractivity contribution is 6.33. The van der Waals surface area contributed by atoms with Crippen LogP contribution >= 0.6 is 11.6 Å². The van der Waals surface area contributed by atoms with Gasteiger partial charge < -0.3 is 15.5 Å². The minimum Gasteiger partial charge on any atom is -0.353 e. The van der Waals surface area contributed by atoms with Gasteiger partial charge in [-0.25, -0.2) is 9.37 Å². The summed E-state index contributed by atoms with van der Waals surface area (Å²) in [6.07, 6.45) is 2.27. The van der Waals surface area contributed by atoms with E-state index in [1.807, 2.05) is 20.2 Å². The highest BCUT2D eigenvalue weighted by Gasteiger charge is 2.26. The summed E-state index contributed by atoms with van der Waals surface area (Å²) in [5.74, 6) is 1.16. The number of likely N-dealkylation sites (N-methyl/N-ethyl adjacent to an activating group) is 1. The molecule has 24 heavy (non-hydrogen) atoms. The van der Waals surface area contributed by atoms with Crippen LogP contribution in [0.2, 0.25) is 5.02 Å². The van der Waals surface area contributed by atoms with Gasteiger partial charge in [0.25, 0.3) is 0 Å². The average Bonchev–Trinajstić information content (AvgIpc) is 3.35. The van der Waals surface area contributed by atoms with Crippen molar-refractivity contribution in [2.75, 3.05) is 37.8 Å². The van der Waals surface area contributed by atoms with E-state index < -0.39 is 5.82 Å². The number of rotatable bonds is 7. The van der Waals surface area contributed by atoms with Crippen LogP contribution in [0.15, 0.2) is 24.3 Å². The number of nitrogens with zero attached hydrogens (tertiary/aromatic N) is 3. The molecule has 7 heteroatoms. The van der Waals surface area contributed by atoms with Crippen LogP contribution in [-0.2, 0) is 0 Å². The zero-order valence-corrected chi connectivity index (χ0v) is 14.6. The summed E-state index contributed by atoms with van der Waals surface area (Å²) >= 11 is 6.09. The molecule has 1 aromatic carbocycles. The Bertz CT molecular complexity index is 698. The minimum absolute atomic E-state index is 0.235. The van der Waals surface area contributed by atoms with Crippen molar-refractivity contribution in [3.63, 3.8) is 0 Å². The molecule has 1 aliphatic rings. The predicted molar refractivity (Wildman–Crippen MR) is 95.7 cm³/mol. The van der Waals surface area contributed by atoms with E-state index in [2.05, 4.69) is 25.5 Å². The fourth-order valence-corrected chi connectivity index (χ4v) is 2.54. The molecule has 128 valence electrons. The van der Waals surface area contributed by atoms with E-state index in [0.29, 0.717) is 22.7 Å². The molecule has 1 aliphatic carbocycles. The largest absolute Gasteiger partial charge is 0.353 e. The van der Waals surface area contributed by atoms with Gasteiger partial charge in [-0.05, 0) is 39.1 Å². The molecule has 0 radical (unpaired) electrons. The average molecular weight is 350 g/mol. The summed E-state index contributed by atoms with van der Waals surface area (Å²) in [7, 11) is 4.02. The molecule has 1 aromatic heterocycles. The monoisotopic (exact) mass is 349 g/mol. The first-order valence-corrected chi connectivity index (χ1v) is 8.39. The van der Waals surface area contributed by atoms with Crippen LogP contribution in [0.5, 0.6) is 0 Å². The third kappa shape index (κ3) is 4.33. The second-order valence-electron chi connectivity index (χ2n) is 6.23. The van der Waals surface area contributed by atoms with E-state index >= 15 is 0 Å². The van der Waals surface area contributed by atoms with E-state index in [1.54, 1.807) is 12.1 Å². The predicted octanol–water partition coefficient (Wildman–Crippen LogP) is 3.86. The lowest BCUT2D eigenvalue weighted by Crippen LogP contribution is -2.21. The number of para-hydroxylation sites is 1. The van der Waals surface area contributed by atoms with Crippen LogP contribution in [0.1, 0.15) is 24.5 Å². The Morgan fingerprint density at radius 2 is 2.08 bits per heavy atom. The van der Waals surface area contributed by atoms with Crippen molar-refractivity contribution >= 4 is 29.1 Å². The van der Waals surface area contributed by atoms with Crippen molar-refractivity contribution in [3.05, 3.63) is 40.8 Å². The fourth-order valence-electron chi connectivity index (χ4n) is 2.33. The molecule has 2 N–H and O–H groups in total. The number of hydrogen-bond acceptors (Lipinski definition) is 5. The van der Waals surface area contributed by atoms with Crippen LogP contribution in [0, 0.1) is 5.82 Å². The van der Waals surface area contributed by atoms with E-state index in [0.717, 1.165) is 31.6 Å². The lowest BCUT2D eigenvalue weighted by atomic mass is 10.2. The molecule has 0 amide bonds. The maximum absolute atomic E-state index is 14.0. The Hall–Kier alpha value is -1.92. The normalized spacial score (nSPS) is 14.0. The summed E-state index contributed by atoms with van der Waals surface area (Å²) < 4.78 is 14.0. The number of hydrogen-bond donors (Lipinski definition) is 2. The molecule has 1 heterocycles. The van der Waals surface area contributed by atoms with E-state index in [-0.39, 0.29) is 5.69 Å². The van der Waals surface area contributed by atoms with Gasteiger partial charge in [-0.2, -0.15) is 4.98 Å². The number of nitrogens with one attached hydrogen (secondary N) is 2. The molecule has 1 fully saturated rings. The molecule has 0 unspecified atom stereocenters. The molecule has 0 bridgehead atoms. The van der Waals surface area contributed by atoms with Crippen LogP contribution in [0.25, 0.3) is 0 Å². The topological polar surface area (TPSA) is 53.1 Å². The highest BCUT2D eigenvalue weighted by Crippen LogP contribution is 2.40. The summed E-state index contributed by atoms with van der Waals surface area (Å²) in [5, 5.41) is 6.54. The molecular weight excluding hydrogens is 329 g/mol. The van der Waals surface area contributed by atoms with Crippen molar-refractivity contribution < 1.29 is 4.39 Å². The third-order valence-corrected chi connectivity index (χ3v) is 4.11. The van der Waals surface area contributed by atoms with E-state index in [1.165, 1.54) is 6.07 Å². The van der Waals surface area contributed by atoms with Gasteiger partial charge >= 0.3 is 0 Å². The van der Waals surface area contributed by atoms with Crippen LogP contribution in [0.4, 0.5) is 21.8 Å². The molecule has 0 atom stereocenters. The fraction of sp³-hybridized carbons (Fsp3) is 0.412. The highest BCUT2D eigenvalue weighted by atomic mass is 35.5. The Morgan fingerprint density at radius 3 is 2.75 bits per heavy atom. The first-order chi connectivity index (χ1) is 11.5. The van der Waals surface area contributed by atoms with Gasteiger partial charge in [0.05, 0.1) is 16.4 Å². The maximum atomic E-state index is 14.0. The van der Waals surface area contributed by atoms with Gasteiger partial charge in [0.2, 0.25) is 5.95 Å². The van der Waals surface area contributed by atoms with Crippen LogP contribution in [0.3, 0.4) is 0 Å². The smallest absolute Gasteiger partial charge is 0.224 e. The molecule has 1 saturated carbocycles. The van der Waals surface area contributed by atoms with Crippen molar-refractivity contribution in [3.8, 4) is 0 Å². The Morgan fingerprint density at radius 1 is 1.29 bits per heavy atom. The number of aromatic nitrogens is 2. The van der Waals surface area contributed by atoms with Gasteiger partial charge in [0.1, 0.15) is 11.6 Å². The van der Waals surface area contributed by atoms with E-state index in [4.69, 9.17) is 11.6 Å². The van der Waals surface area contributed by atoms with Crippen molar-refractivity contribution in [2.24, 2.45) is 0 Å². The molecular formula is C17H21ClFN5. The summed E-state index contributed by atoms with van der Waals surface area (Å²) in [5.41, 5.74) is 1.21. The first kappa shape index (κ1) is 16.9. The Balaban J connectivity index is 1.82. The maximum Gasteiger partial charge on any atom is 0.224 e. The summed E-state index contributed by atoms with van der Waals surface area (Å²) in [4.78, 5) is 11.1. The zero-order valence-electron chi connectivity index (χ0n) is 13.8. The second-order valence-corrected chi connectivity index (χ2v) is 6.63. The molecule has 0 saturated heterocycles. The SMILES string of the molecule is CN(C)CCNc1nc(Nc2c(F)cccc2Cl)cc(C2CC2)n1. The molecule has 2 aromatic rings. The molecule has 0 aliphatic heterocycles. The van der Waals surface area contributed by atoms with Gasteiger partial charge in [-0.3, -0.25) is 0 Å². The minimum atomic E-state index is -0.406. The van der Waals surface area contributed by atoms with Crippen molar-refractivity contribution in [1.82, 2.24) is 14.9 Å². The Labute approximate surface area is 146 Å². The summed E-state index contributed by atoms with van der Waals surface area (Å²) in [6.45, 7) is 1.61. The quantitative estimate of drug-likeness (QED) is 0.794. The van der Waals surface area contributed by atoms with Gasteiger partial charge in [0, 0.05) is 25.1 Å². The molecule has 3 rings (SSSR count). The first-order valence-electron chi connectivity index (χ1n) is 8.01. The van der Waals surface area contributed by atoms with Crippen LogP contribution < -0.4 is 10.6 Å². The summed E-state index contributed by atoms with van der Waals surface area (Å²) in [6, 6.07) is 6.46.